The minimum Gasteiger partial charge on any atom is -0.481 e. The third kappa shape index (κ3) is 4.21. The minimum atomic E-state index is -0.824. The van der Waals surface area contributed by atoms with Crippen molar-refractivity contribution in [3.63, 3.8) is 0 Å². The van der Waals surface area contributed by atoms with Crippen LogP contribution in [-0.4, -0.2) is 29.7 Å². The molecule has 0 radical (unpaired) electrons. The fraction of sp³-hybridized carbons (Fsp3) is 0.500. The smallest absolute Gasteiger partial charge is 0.315 e. The van der Waals surface area contributed by atoms with Gasteiger partial charge in [0.05, 0.1) is 5.92 Å². The van der Waals surface area contributed by atoms with Crippen LogP contribution in [0.2, 0.25) is 0 Å². The fourth-order valence-electron chi connectivity index (χ4n) is 2.79. The summed E-state index contributed by atoms with van der Waals surface area (Å²) >= 11 is 0. The van der Waals surface area contributed by atoms with E-state index in [0.717, 1.165) is 12.8 Å². The van der Waals surface area contributed by atoms with E-state index in [2.05, 4.69) is 10.6 Å². The first kappa shape index (κ1) is 15.4. The first-order chi connectivity index (χ1) is 10.1. The van der Waals surface area contributed by atoms with Gasteiger partial charge in [-0.25, -0.2) is 4.79 Å². The number of carbonyl (C=O) groups is 2. The van der Waals surface area contributed by atoms with Crippen molar-refractivity contribution >= 4 is 12.0 Å². The van der Waals surface area contributed by atoms with Gasteiger partial charge in [0, 0.05) is 12.6 Å². The van der Waals surface area contributed by atoms with Gasteiger partial charge in [0.2, 0.25) is 0 Å². The van der Waals surface area contributed by atoms with Crippen LogP contribution in [0, 0.1) is 5.92 Å². The molecular formula is C16H22N2O3. The topological polar surface area (TPSA) is 78.4 Å². The lowest BCUT2D eigenvalue weighted by molar-refractivity contribution is -0.142. The Kier molecular flexibility index (Phi) is 5.20. The van der Waals surface area contributed by atoms with Crippen LogP contribution in [0.5, 0.6) is 0 Å². The van der Waals surface area contributed by atoms with Gasteiger partial charge in [0.25, 0.3) is 0 Å². The number of carboxylic acids is 1. The Morgan fingerprint density at radius 1 is 1.29 bits per heavy atom. The van der Waals surface area contributed by atoms with Crippen molar-refractivity contribution in [3.05, 3.63) is 35.9 Å². The summed E-state index contributed by atoms with van der Waals surface area (Å²) in [6.45, 7) is 2.57. The molecule has 3 unspecified atom stereocenters. The molecule has 5 heteroatoms. The summed E-state index contributed by atoms with van der Waals surface area (Å²) in [5, 5.41) is 14.7. The first-order valence-electron chi connectivity index (χ1n) is 7.40. The average Bonchev–Trinajstić information content (AvgIpc) is 2.94. The summed E-state index contributed by atoms with van der Waals surface area (Å²) in [6.07, 6.45) is 2.22. The van der Waals surface area contributed by atoms with Crippen LogP contribution in [0.3, 0.4) is 0 Å². The number of hydrogen-bond acceptors (Lipinski definition) is 2. The molecule has 3 atom stereocenters. The van der Waals surface area contributed by atoms with E-state index in [0.29, 0.717) is 13.0 Å². The number of carboxylic acid groups (broad SMARTS) is 1. The van der Waals surface area contributed by atoms with Crippen molar-refractivity contribution in [2.75, 3.05) is 6.54 Å². The van der Waals surface area contributed by atoms with Gasteiger partial charge in [-0.15, -0.1) is 0 Å². The van der Waals surface area contributed by atoms with E-state index < -0.39 is 11.9 Å². The van der Waals surface area contributed by atoms with Gasteiger partial charge in [0.15, 0.2) is 0 Å². The van der Waals surface area contributed by atoms with Crippen LogP contribution in [0.25, 0.3) is 0 Å². The molecule has 1 aromatic rings. The number of rotatable bonds is 5. The first-order valence-corrected chi connectivity index (χ1v) is 7.40. The Bertz CT molecular complexity index is 490. The van der Waals surface area contributed by atoms with Gasteiger partial charge in [-0.2, -0.15) is 0 Å². The molecule has 5 nitrogen and oxygen atoms in total. The van der Waals surface area contributed by atoms with Crippen molar-refractivity contribution in [1.29, 1.82) is 0 Å². The lowest BCUT2D eigenvalue weighted by atomic mass is 10.0. The molecule has 2 rings (SSSR count). The third-order valence-electron chi connectivity index (χ3n) is 4.09. The maximum Gasteiger partial charge on any atom is 0.315 e. The highest BCUT2D eigenvalue weighted by atomic mass is 16.4. The van der Waals surface area contributed by atoms with Crippen LogP contribution in [0.15, 0.2) is 30.3 Å². The van der Waals surface area contributed by atoms with Crippen LogP contribution >= 0.6 is 0 Å². The molecule has 2 amide bonds. The van der Waals surface area contributed by atoms with Crippen molar-refractivity contribution in [2.45, 2.75) is 38.1 Å². The molecular weight excluding hydrogens is 268 g/mol. The van der Waals surface area contributed by atoms with Gasteiger partial charge in [-0.1, -0.05) is 43.7 Å². The van der Waals surface area contributed by atoms with E-state index in [9.17, 15) is 9.59 Å². The molecule has 1 saturated carbocycles. The molecule has 21 heavy (non-hydrogen) atoms. The van der Waals surface area contributed by atoms with Gasteiger partial charge < -0.3 is 15.7 Å². The second kappa shape index (κ2) is 7.11. The minimum absolute atomic E-state index is 0.218. The molecule has 1 aliphatic rings. The second-order valence-corrected chi connectivity index (χ2v) is 5.65. The summed E-state index contributed by atoms with van der Waals surface area (Å²) in [4.78, 5) is 23.0. The third-order valence-corrected chi connectivity index (χ3v) is 4.09. The van der Waals surface area contributed by atoms with Gasteiger partial charge in [-0.3, -0.25) is 4.79 Å². The van der Waals surface area contributed by atoms with E-state index in [1.54, 1.807) is 0 Å². The standard InChI is InChI=1S/C16H22N2O3/c1-11(12-6-3-2-4-7-12)10-17-16(21)18-14-9-5-8-13(14)15(19)20/h2-4,6-7,11,13-14H,5,8-10H2,1H3,(H,19,20)(H2,17,18,21). The molecule has 0 aliphatic heterocycles. The predicted octanol–water partition coefficient (Wildman–Crippen LogP) is 2.34. The number of hydrogen-bond donors (Lipinski definition) is 3. The van der Waals surface area contributed by atoms with E-state index in [1.807, 2.05) is 37.3 Å². The summed E-state index contributed by atoms with van der Waals surface area (Å²) in [5.74, 6) is -1.06. The zero-order chi connectivity index (χ0) is 15.2. The van der Waals surface area contributed by atoms with Crippen molar-refractivity contribution in [1.82, 2.24) is 10.6 Å². The fourth-order valence-corrected chi connectivity index (χ4v) is 2.79. The summed E-state index contributed by atoms with van der Waals surface area (Å²) in [5.41, 5.74) is 1.17. The predicted molar refractivity (Wildman–Crippen MR) is 80.2 cm³/mol. The van der Waals surface area contributed by atoms with E-state index in [1.165, 1.54) is 5.56 Å². The number of nitrogens with one attached hydrogen (secondary N) is 2. The molecule has 114 valence electrons. The lowest BCUT2D eigenvalue weighted by Crippen LogP contribution is -2.46. The van der Waals surface area contributed by atoms with Crippen LogP contribution in [0.1, 0.15) is 37.7 Å². The molecule has 0 aromatic heterocycles. The van der Waals surface area contributed by atoms with E-state index in [4.69, 9.17) is 5.11 Å². The average molecular weight is 290 g/mol. The Balaban J connectivity index is 1.78. The normalized spacial score (nSPS) is 22.5. The lowest BCUT2D eigenvalue weighted by Gasteiger charge is -2.19. The number of amides is 2. The van der Waals surface area contributed by atoms with E-state index >= 15 is 0 Å². The molecule has 0 heterocycles. The second-order valence-electron chi connectivity index (χ2n) is 5.65. The summed E-state index contributed by atoms with van der Waals surface area (Å²) < 4.78 is 0. The zero-order valence-electron chi connectivity index (χ0n) is 12.2. The highest BCUT2D eigenvalue weighted by molar-refractivity contribution is 5.77. The van der Waals surface area contributed by atoms with Crippen molar-refractivity contribution in [3.8, 4) is 0 Å². The highest BCUT2D eigenvalue weighted by Crippen LogP contribution is 2.25. The zero-order valence-corrected chi connectivity index (χ0v) is 12.2. The van der Waals surface area contributed by atoms with Gasteiger partial charge >= 0.3 is 12.0 Å². The number of urea groups is 1. The van der Waals surface area contributed by atoms with Crippen LogP contribution in [-0.2, 0) is 4.79 Å². The maximum atomic E-state index is 11.9. The quantitative estimate of drug-likeness (QED) is 0.779. The monoisotopic (exact) mass is 290 g/mol. The van der Waals surface area contributed by atoms with Crippen LogP contribution in [0.4, 0.5) is 4.79 Å². The number of carbonyl (C=O) groups excluding carboxylic acids is 1. The Morgan fingerprint density at radius 2 is 2.00 bits per heavy atom. The Morgan fingerprint density at radius 3 is 2.67 bits per heavy atom. The Hall–Kier alpha value is -2.04. The van der Waals surface area contributed by atoms with Crippen molar-refractivity contribution in [2.24, 2.45) is 5.92 Å². The summed E-state index contributed by atoms with van der Waals surface area (Å²) in [6, 6.07) is 9.43. The molecule has 1 aromatic carbocycles. The largest absolute Gasteiger partial charge is 0.481 e. The molecule has 1 aliphatic carbocycles. The van der Waals surface area contributed by atoms with Crippen molar-refractivity contribution < 1.29 is 14.7 Å². The molecule has 3 N–H and O–H groups in total. The molecule has 1 fully saturated rings. The van der Waals surface area contributed by atoms with E-state index in [-0.39, 0.29) is 18.0 Å². The van der Waals surface area contributed by atoms with Crippen LogP contribution < -0.4 is 10.6 Å². The maximum absolute atomic E-state index is 11.9. The molecule has 0 spiro atoms. The van der Waals surface area contributed by atoms with Gasteiger partial charge in [-0.05, 0) is 24.3 Å². The van der Waals surface area contributed by atoms with Gasteiger partial charge in [0.1, 0.15) is 0 Å². The molecule has 0 bridgehead atoms. The summed E-state index contributed by atoms with van der Waals surface area (Å²) in [7, 11) is 0. The SMILES string of the molecule is CC(CNC(=O)NC1CCCC1C(=O)O)c1ccccc1. The highest BCUT2D eigenvalue weighted by Gasteiger charge is 2.33. The number of benzene rings is 1. The number of aliphatic carboxylic acids is 1. The molecule has 0 saturated heterocycles. The Labute approximate surface area is 124 Å².